The molecular formula is C20H27Si+. The Bertz CT molecular complexity index is 466. The van der Waals surface area contributed by atoms with E-state index in [2.05, 4.69) is 81.4 Å². The van der Waals surface area contributed by atoms with Crippen LogP contribution in [0.25, 0.3) is 0 Å². The van der Waals surface area contributed by atoms with Crippen molar-refractivity contribution in [2.75, 3.05) is 0 Å². The highest BCUT2D eigenvalue weighted by Crippen LogP contribution is 2.37. The maximum atomic E-state index is 2.40. The first kappa shape index (κ1) is 15.9. The minimum absolute atomic E-state index is 1.18. The molecule has 0 fully saturated rings. The molecule has 0 unspecified atom stereocenters. The van der Waals surface area contributed by atoms with Gasteiger partial charge in [-0.25, -0.2) is 0 Å². The van der Waals surface area contributed by atoms with Gasteiger partial charge in [0.2, 0.25) is 0 Å². The lowest BCUT2D eigenvalue weighted by molar-refractivity contribution is 1.06. The summed E-state index contributed by atoms with van der Waals surface area (Å²) in [6.45, 7) is 7.19. The lowest BCUT2D eigenvalue weighted by Gasteiger charge is -2.30. The van der Waals surface area contributed by atoms with Crippen LogP contribution in [0.1, 0.15) is 31.9 Å². The van der Waals surface area contributed by atoms with Crippen molar-refractivity contribution >= 4 is 8.07 Å². The van der Waals surface area contributed by atoms with E-state index in [9.17, 15) is 0 Å². The van der Waals surface area contributed by atoms with E-state index in [1.165, 1.54) is 35.3 Å². The SMILES string of the molecule is CC[Si](CC)(CC)C[C+](c1ccccc1)c1ccccc1. The molecule has 2 aromatic carbocycles. The zero-order valence-electron chi connectivity index (χ0n) is 13.6. The summed E-state index contributed by atoms with van der Waals surface area (Å²) in [5.74, 6) is 1.55. The summed E-state index contributed by atoms with van der Waals surface area (Å²) in [6, 6.07) is 27.3. The largest absolute Gasteiger partial charge is 0.0753 e. The lowest BCUT2D eigenvalue weighted by Crippen LogP contribution is -2.33. The van der Waals surface area contributed by atoms with Crippen molar-refractivity contribution in [1.29, 1.82) is 0 Å². The van der Waals surface area contributed by atoms with Crippen LogP contribution in [0.5, 0.6) is 0 Å². The molecule has 0 aliphatic rings. The molecule has 0 saturated heterocycles. The van der Waals surface area contributed by atoms with Crippen molar-refractivity contribution in [2.24, 2.45) is 0 Å². The first-order valence-electron chi connectivity index (χ1n) is 8.21. The topological polar surface area (TPSA) is 0 Å². The Balaban J connectivity index is 2.38. The highest BCUT2D eigenvalue weighted by atomic mass is 28.3. The van der Waals surface area contributed by atoms with Crippen LogP contribution in [0.2, 0.25) is 24.2 Å². The van der Waals surface area contributed by atoms with Gasteiger partial charge < -0.3 is 0 Å². The molecule has 0 aromatic heterocycles. The molecule has 0 saturated carbocycles. The summed E-state index contributed by atoms with van der Waals surface area (Å²) in [6.07, 6.45) is 0. The van der Waals surface area contributed by atoms with Crippen LogP contribution in [0, 0.1) is 5.92 Å². The first-order chi connectivity index (χ1) is 10.2. The van der Waals surface area contributed by atoms with E-state index in [1.54, 1.807) is 5.92 Å². The van der Waals surface area contributed by atoms with E-state index in [4.69, 9.17) is 0 Å². The molecule has 0 aliphatic heterocycles. The van der Waals surface area contributed by atoms with Crippen LogP contribution >= 0.6 is 0 Å². The van der Waals surface area contributed by atoms with Gasteiger partial charge in [-0.2, -0.15) is 0 Å². The Morgan fingerprint density at radius 1 is 0.667 bits per heavy atom. The minimum Gasteiger partial charge on any atom is -0.0677 e. The van der Waals surface area contributed by atoms with Crippen molar-refractivity contribution < 1.29 is 0 Å². The smallest absolute Gasteiger partial charge is 0.0677 e. The first-order valence-corrected chi connectivity index (χ1v) is 11.0. The van der Waals surface area contributed by atoms with Gasteiger partial charge in [0.25, 0.3) is 0 Å². The number of rotatable bonds is 7. The summed E-state index contributed by atoms with van der Waals surface area (Å²) >= 11 is 0. The molecule has 0 heterocycles. The third-order valence-corrected chi connectivity index (χ3v) is 10.6. The fraction of sp³-hybridized carbons (Fsp3) is 0.350. The van der Waals surface area contributed by atoms with Crippen LogP contribution in [0.4, 0.5) is 0 Å². The van der Waals surface area contributed by atoms with E-state index < -0.39 is 8.07 Å². The Labute approximate surface area is 131 Å². The number of hydrogen-bond donors (Lipinski definition) is 0. The predicted octanol–water partition coefficient (Wildman–Crippen LogP) is 6.17. The summed E-state index contributed by atoms with van der Waals surface area (Å²) in [5.41, 5.74) is 2.80. The second kappa shape index (κ2) is 7.51. The van der Waals surface area contributed by atoms with Gasteiger partial charge in [-0.3, -0.25) is 0 Å². The van der Waals surface area contributed by atoms with Gasteiger partial charge in [-0.1, -0.05) is 38.9 Å². The Hall–Kier alpha value is -1.47. The van der Waals surface area contributed by atoms with Crippen LogP contribution in [0.15, 0.2) is 60.7 Å². The van der Waals surface area contributed by atoms with Gasteiger partial charge in [-0.05, 0) is 42.4 Å². The number of hydrogen-bond acceptors (Lipinski definition) is 0. The van der Waals surface area contributed by atoms with Crippen LogP contribution < -0.4 is 0 Å². The maximum Gasteiger partial charge on any atom is 0.0753 e. The fourth-order valence-corrected chi connectivity index (χ4v) is 6.56. The third-order valence-electron chi connectivity index (χ3n) is 5.05. The van der Waals surface area contributed by atoms with E-state index in [1.807, 2.05) is 0 Å². The predicted molar refractivity (Wildman–Crippen MR) is 96.3 cm³/mol. The van der Waals surface area contributed by atoms with Gasteiger partial charge in [0.05, 0.1) is 19.2 Å². The van der Waals surface area contributed by atoms with E-state index in [-0.39, 0.29) is 0 Å². The highest BCUT2D eigenvalue weighted by molar-refractivity contribution is 6.80. The zero-order valence-corrected chi connectivity index (χ0v) is 14.6. The Morgan fingerprint density at radius 2 is 1.05 bits per heavy atom. The summed E-state index contributed by atoms with van der Waals surface area (Å²) in [4.78, 5) is 0. The van der Waals surface area contributed by atoms with E-state index >= 15 is 0 Å². The molecule has 0 spiro atoms. The molecule has 21 heavy (non-hydrogen) atoms. The van der Waals surface area contributed by atoms with Crippen LogP contribution in [-0.2, 0) is 0 Å². The standard InChI is InChI=1S/C20H27Si/c1-4-21(5-2,6-3)17-20(18-13-9-7-10-14-18)19-15-11-8-12-16-19/h7-16H,4-6,17H2,1-3H3/q+1. The molecule has 0 atom stereocenters. The van der Waals surface area contributed by atoms with Crippen molar-refractivity contribution in [3.63, 3.8) is 0 Å². The lowest BCUT2D eigenvalue weighted by atomic mass is 9.93. The number of benzene rings is 2. The minimum atomic E-state index is -1.18. The molecule has 0 nitrogen and oxygen atoms in total. The summed E-state index contributed by atoms with van der Waals surface area (Å²) in [5, 5.41) is 0. The van der Waals surface area contributed by atoms with Gasteiger partial charge >= 0.3 is 0 Å². The van der Waals surface area contributed by atoms with Gasteiger partial charge in [0, 0.05) is 30.2 Å². The fourth-order valence-electron chi connectivity index (χ4n) is 3.15. The second-order valence-electron chi connectivity index (χ2n) is 5.95. The molecule has 110 valence electrons. The van der Waals surface area contributed by atoms with Gasteiger partial charge in [0.1, 0.15) is 0 Å². The van der Waals surface area contributed by atoms with Gasteiger partial charge in [-0.15, -0.1) is 0 Å². The van der Waals surface area contributed by atoms with Crippen molar-refractivity contribution in [3.05, 3.63) is 77.7 Å². The summed E-state index contributed by atoms with van der Waals surface area (Å²) in [7, 11) is -1.18. The molecule has 0 N–H and O–H groups in total. The molecule has 0 amide bonds. The molecule has 2 aromatic rings. The van der Waals surface area contributed by atoms with E-state index in [0.717, 1.165) is 0 Å². The second-order valence-corrected chi connectivity index (χ2v) is 11.4. The van der Waals surface area contributed by atoms with Crippen LogP contribution in [0.3, 0.4) is 0 Å². The van der Waals surface area contributed by atoms with E-state index in [0.29, 0.717) is 0 Å². The molecule has 0 bridgehead atoms. The Morgan fingerprint density at radius 3 is 1.38 bits per heavy atom. The van der Waals surface area contributed by atoms with Crippen molar-refractivity contribution in [3.8, 4) is 0 Å². The highest BCUT2D eigenvalue weighted by Gasteiger charge is 2.34. The van der Waals surface area contributed by atoms with Crippen molar-refractivity contribution in [2.45, 2.75) is 44.9 Å². The monoisotopic (exact) mass is 295 g/mol. The molecular weight excluding hydrogens is 268 g/mol. The zero-order chi connectivity index (χ0) is 15.1. The average molecular weight is 296 g/mol. The van der Waals surface area contributed by atoms with Crippen molar-refractivity contribution in [1.82, 2.24) is 0 Å². The normalized spacial score (nSPS) is 11.4. The molecule has 0 radical (unpaired) electrons. The third kappa shape index (κ3) is 3.79. The molecule has 0 aliphatic carbocycles. The molecule has 2 rings (SSSR count). The quantitative estimate of drug-likeness (QED) is 0.423. The maximum absolute atomic E-state index is 2.40. The Kier molecular flexibility index (Phi) is 5.69. The van der Waals surface area contributed by atoms with Gasteiger partial charge in [0.15, 0.2) is 0 Å². The average Bonchev–Trinajstić information content (AvgIpc) is 2.58. The molecule has 1 heteroatoms. The summed E-state index contributed by atoms with van der Waals surface area (Å²) < 4.78 is 0. The van der Waals surface area contributed by atoms with Crippen LogP contribution in [-0.4, -0.2) is 8.07 Å².